The van der Waals surface area contributed by atoms with Gasteiger partial charge in [-0.2, -0.15) is 0 Å². The summed E-state index contributed by atoms with van der Waals surface area (Å²) in [6.07, 6.45) is 0.557. The Morgan fingerprint density at radius 2 is 2.00 bits per heavy atom. The lowest BCUT2D eigenvalue weighted by atomic mass is 10.1. The summed E-state index contributed by atoms with van der Waals surface area (Å²) in [6.45, 7) is 0.107. The maximum Gasteiger partial charge on any atom is 0.176 e. The predicted molar refractivity (Wildman–Crippen MR) is 78.9 cm³/mol. The number of sulfone groups is 1. The van der Waals surface area contributed by atoms with Crippen molar-refractivity contribution < 1.29 is 22.7 Å². The van der Waals surface area contributed by atoms with E-state index in [0.29, 0.717) is 23.5 Å². The van der Waals surface area contributed by atoms with Crippen molar-refractivity contribution in [2.45, 2.75) is 12.5 Å². The molecule has 116 valence electrons. The van der Waals surface area contributed by atoms with Crippen molar-refractivity contribution >= 4 is 15.6 Å². The van der Waals surface area contributed by atoms with Crippen molar-refractivity contribution in [2.24, 2.45) is 0 Å². The van der Waals surface area contributed by atoms with Crippen LogP contribution in [0.5, 0.6) is 11.5 Å². The van der Waals surface area contributed by atoms with Crippen LogP contribution >= 0.6 is 0 Å². The van der Waals surface area contributed by atoms with E-state index in [0.717, 1.165) is 0 Å². The first kappa shape index (κ1) is 15.8. The number of carbonyl (C=O) groups excluding carboxylic acids is 1. The Balaban J connectivity index is 1.97. The molecule has 0 amide bonds. The molecular formula is C14H19NO5S. The molecule has 7 heteroatoms. The van der Waals surface area contributed by atoms with Gasteiger partial charge in [-0.25, -0.2) is 8.42 Å². The first-order valence-electron chi connectivity index (χ1n) is 6.64. The standard InChI is InChI=1S/C14H19NO5S/c1-19-13-4-3-10(7-14(13)20-2)12(16)8-15-11-5-6-21(17,18)9-11/h3-4,7,11,15H,5-6,8-9H2,1-2H3/t11-/m0/s1. The average molecular weight is 313 g/mol. The summed E-state index contributed by atoms with van der Waals surface area (Å²) in [5.41, 5.74) is 0.501. The molecule has 1 aliphatic heterocycles. The molecule has 1 aromatic rings. The minimum atomic E-state index is -2.94. The smallest absolute Gasteiger partial charge is 0.176 e. The number of benzene rings is 1. The normalized spacial score (nSPS) is 20.2. The van der Waals surface area contributed by atoms with Gasteiger partial charge in [0.15, 0.2) is 27.1 Å². The third kappa shape index (κ3) is 3.95. The van der Waals surface area contributed by atoms with Crippen LogP contribution in [0, 0.1) is 0 Å². The Kier molecular flexibility index (Phi) is 4.84. The highest BCUT2D eigenvalue weighted by molar-refractivity contribution is 7.91. The molecule has 1 N–H and O–H groups in total. The molecule has 1 aliphatic rings. The summed E-state index contributed by atoms with van der Waals surface area (Å²) in [4.78, 5) is 12.1. The van der Waals surface area contributed by atoms with Crippen LogP contribution in [0.3, 0.4) is 0 Å². The molecule has 0 spiro atoms. The number of methoxy groups -OCH3 is 2. The Hall–Kier alpha value is -1.60. The number of carbonyl (C=O) groups is 1. The Morgan fingerprint density at radius 3 is 2.57 bits per heavy atom. The number of nitrogens with one attached hydrogen (secondary N) is 1. The Labute approximate surface area is 124 Å². The van der Waals surface area contributed by atoms with Crippen LogP contribution in [0.15, 0.2) is 18.2 Å². The van der Waals surface area contributed by atoms with Crippen LogP contribution in [0.1, 0.15) is 16.8 Å². The van der Waals surface area contributed by atoms with Crippen molar-refractivity contribution in [2.75, 3.05) is 32.3 Å². The molecule has 1 saturated heterocycles. The highest BCUT2D eigenvalue weighted by Crippen LogP contribution is 2.27. The molecular weight excluding hydrogens is 294 g/mol. The fourth-order valence-electron chi connectivity index (χ4n) is 2.30. The van der Waals surface area contributed by atoms with Crippen LogP contribution in [-0.2, 0) is 9.84 Å². The number of ketones is 1. The van der Waals surface area contributed by atoms with E-state index in [1.807, 2.05) is 0 Å². The van der Waals surface area contributed by atoms with E-state index in [4.69, 9.17) is 9.47 Å². The molecule has 0 saturated carbocycles. The highest BCUT2D eigenvalue weighted by atomic mass is 32.2. The average Bonchev–Trinajstić information content (AvgIpc) is 2.83. The fourth-order valence-corrected chi connectivity index (χ4v) is 4.01. The third-order valence-corrected chi connectivity index (χ3v) is 5.26. The monoisotopic (exact) mass is 313 g/mol. The van der Waals surface area contributed by atoms with Gasteiger partial charge >= 0.3 is 0 Å². The van der Waals surface area contributed by atoms with Gasteiger partial charge in [0.2, 0.25) is 0 Å². The van der Waals surface area contributed by atoms with E-state index in [-0.39, 0.29) is 29.9 Å². The molecule has 0 aliphatic carbocycles. The molecule has 21 heavy (non-hydrogen) atoms. The summed E-state index contributed by atoms with van der Waals surface area (Å²) in [5.74, 6) is 1.23. The van der Waals surface area contributed by atoms with Crippen molar-refractivity contribution in [3.8, 4) is 11.5 Å². The van der Waals surface area contributed by atoms with Crippen molar-refractivity contribution in [3.63, 3.8) is 0 Å². The number of hydrogen-bond acceptors (Lipinski definition) is 6. The minimum absolute atomic E-state index is 0.103. The topological polar surface area (TPSA) is 81.7 Å². The summed E-state index contributed by atoms with van der Waals surface area (Å²) >= 11 is 0. The van der Waals surface area contributed by atoms with Crippen LogP contribution < -0.4 is 14.8 Å². The molecule has 1 aromatic carbocycles. The van der Waals surface area contributed by atoms with Crippen molar-refractivity contribution in [1.29, 1.82) is 0 Å². The zero-order chi connectivity index (χ0) is 15.5. The molecule has 0 radical (unpaired) electrons. The number of ether oxygens (including phenoxy) is 2. The van der Waals surface area contributed by atoms with E-state index in [1.165, 1.54) is 14.2 Å². The molecule has 0 bridgehead atoms. The van der Waals surface area contributed by atoms with E-state index >= 15 is 0 Å². The van der Waals surface area contributed by atoms with Crippen LogP contribution in [-0.4, -0.2) is 52.5 Å². The third-order valence-electron chi connectivity index (χ3n) is 3.49. The van der Waals surface area contributed by atoms with Gasteiger partial charge < -0.3 is 14.8 Å². The second-order valence-corrected chi connectivity index (χ2v) is 7.20. The van der Waals surface area contributed by atoms with Gasteiger partial charge in [-0.05, 0) is 24.6 Å². The SMILES string of the molecule is COc1ccc(C(=O)CN[C@H]2CCS(=O)(=O)C2)cc1OC. The Bertz CT molecular complexity index is 626. The lowest BCUT2D eigenvalue weighted by Gasteiger charge is -2.11. The number of Topliss-reactive ketones (excluding diaryl/α,β-unsaturated/α-hetero) is 1. The highest BCUT2D eigenvalue weighted by Gasteiger charge is 2.27. The molecule has 0 unspecified atom stereocenters. The summed E-state index contributed by atoms with van der Waals surface area (Å²) in [7, 11) is 0.0989. The molecule has 1 fully saturated rings. The van der Waals surface area contributed by atoms with E-state index in [2.05, 4.69) is 5.32 Å². The van der Waals surface area contributed by atoms with Gasteiger partial charge in [0.1, 0.15) is 0 Å². The van der Waals surface area contributed by atoms with Gasteiger partial charge in [-0.1, -0.05) is 0 Å². The van der Waals surface area contributed by atoms with Gasteiger partial charge in [-0.15, -0.1) is 0 Å². The van der Waals surface area contributed by atoms with Crippen LogP contribution in [0.2, 0.25) is 0 Å². The lowest BCUT2D eigenvalue weighted by molar-refractivity contribution is 0.0987. The van der Waals surface area contributed by atoms with Crippen molar-refractivity contribution in [1.82, 2.24) is 5.32 Å². The van der Waals surface area contributed by atoms with Crippen LogP contribution in [0.25, 0.3) is 0 Å². The first-order chi connectivity index (χ1) is 9.95. The maximum absolute atomic E-state index is 12.1. The fraction of sp³-hybridized carbons (Fsp3) is 0.500. The number of hydrogen-bond donors (Lipinski definition) is 1. The minimum Gasteiger partial charge on any atom is -0.493 e. The second kappa shape index (κ2) is 6.44. The molecule has 1 heterocycles. The van der Waals surface area contributed by atoms with E-state index < -0.39 is 9.84 Å². The Morgan fingerprint density at radius 1 is 1.29 bits per heavy atom. The van der Waals surface area contributed by atoms with Crippen molar-refractivity contribution in [3.05, 3.63) is 23.8 Å². The van der Waals surface area contributed by atoms with Gasteiger partial charge in [0, 0.05) is 11.6 Å². The van der Waals surface area contributed by atoms with Gasteiger partial charge in [0.25, 0.3) is 0 Å². The lowest BCUT2D eigenvalue weighted by Crippen LogP contribution is -2.34. The molecule has 0 aromatic heterocycles. The molecule has 1 atom stereocenters. The quantitative estimate of drug-likeness (QED) is 0.777. The summed E-state index contributed by atoms with van der Waals surface area (Å²) < 4.78 is 33.0. The second-order valence-electron chi connectivity index (χ2n) is 4.97. The maximum atomic E-state index is 12.1. The predicted octanol–water partition coefficient (Wildman–Crippen LogP) is 0.663. The van der Waals surface area contributed by atoms with E-state index in [1.54, 1.807) is 18.2 Å². The van der Waals surface area contributed by atoms with Gasteiger partial charge in [0.05, 0.1) is 32.3 Å². The van der Waals surface area contributed by atoms with Gasteiger partial charge in [-0.3, -0.25) is 4.79 Å². The molecule has 6 nitrogen and oxygen atoms in total. The summed E-state index contributed by atoms with van der Waals surface area (Å²) in [6, 6.07) is 4.82. The van der Waals surface area contributed by atoms with Crippen LogP contribution in [0.4, 0.5) is 0 Å². The first-order valence-corrected chi connectivity index (χ1v) is 8.46. The van der Waals surface area contributed by atoms with E-state index in [9.17, 15) is 13.2 Å². The molecule has 2 rings (SSSR count). The zero-order valence-electron chi connectivity index (χ0n) is 12.1. The summed E-state index contributed by atoms with van der Waals surface area (Å²) in [5, 5.41) is 3.00. The zero-order valence-corrected chi connectivity index (χ0v) is 12.9. The number of rotatable bonds is 6. The largest absolute Gasteiger partial charge is 0.493 e.